The number of piperidine rings is 1. The first-order valence-corrected chi connectivity index (χ1v) is 5.94. The Bertz CT molecular complexity index is 214. The SMILES string of the molecule is CC(C)C(=O)N1CCCC(CN(C)C)C1. The molecular weight excluding hydrogens is 188 g/mol. The Hall–Kier alpha value is -0.570. The van der Waals surface area contributed by atoms with Gasteiger partial charge in [0.2, 0.25) is 5.91 Å². The van der Waals surface area contributed by atoms with E-state index in [1.165, 1.54) is 6.42 Å². The van der Waals surface area contributed by atoms with Gasteiger partial charge in [-0.05, 0) is 32.9 Å². The van der Waals surface area contributed by atoms with E-state index in [1.54, 1.807) is 0 Å². The van der Waals surface area contributed by atoms with Crippen molar-refractivity contribution < 1.29 is 4.79 Å². The maximum atomic E-state index is 11.8. The Morgan fingerprint density at radius 1 is 1.47 bits per heavy atom. The largest absolute Gasteiger partial charge is 0.342 e. The van der Waals surface area contributed by atoms with Crippen LogP contribution in [-0.2, 0) is 4.79 Å². The summed E-state index contributed by atoms with van der Waals surface area (Å²) in [4.78, 5) is 16.1. The summed E-state index contributed by atoms with van der Waals surface area (Å²) >= 11 is 0. The van der Waals surface area contributed by atoms with E-state index in [2.05, 4.69) is 19.0 Å². The van der Waals surface area contributed by atoms with Gasteiger partial charge in [0.25, 0.3) is 0 Å². The molecule has 1 unspecified atom stereocenters. The quantitative estimate of drug-likeness (QED) is 0.707. The van der Waals surface area contributed by atoms with Crippen molar-refractivity contribution in [2.45, 2.75) is 26.7 Å². The number of carbonyl (C=O) groups excluding carboxylic acids is 1. The van der Waals surface area contributed by atoms with Crippen LogP contribution in [0.1, 0.15) is 26.7 Å². The monoisotopic (exact) mass is 212 g/mol. The van der Waals surface area contributed by atoms with E-state index in [-0.39, 0.29) is 5.92 Å². The molecule has 1 saturated heterocycles. The number of hydrogen-bond donors (Lipinski definition) is 0. The molecule has 88 valence electrons. The molecule has 1 amide bonds. The molecule has 3 nitrogen and oxygen atoms in total. The number of carbonyl (C=O) groups is 1. The fourth-order valence-corrected chi connectivity index (χ4v) is 2.30. The lowest BCUT2D eigenvalue weighted by molar-refractivity contribution is -0.136. The number of hydrogen-bond acceptors (Lipinski definition) is 2. The van der Waals surface area contributed by atoms with Crippen LogP contribution in [0.25, 0.3) is 0 Å². The molecule has 0 bridgehead atoms. The minimum Gasteiger partial charge on any atom is -0.342 e. The molecule has 1 rings (SSSR count). The predicted molar refractivity (Wildman–Crippen MR) is 62.7 cm³/mol. The van der Waals surface area contributed by atoms with Gasteiger partial charge in [0.05, 0.1) is 0 Å². The molecule has 1 heterocycles. The predicted octanol–water partition coefficient (Wildman–Crippen LogP) is 1.44. The zero-order valence-corrected chi connectivity index (χ0v) is 10.5. The topological polar surface area (TPSA) is 23.6 Å². The molecule has 3 heteroatoms. The molecule has 0 aromatic carbocycles. The average Bonchev–Trinajstić information content (AvgIpc) is 2.16. The second kappa shape index (κ2) is 5.50. The summed E-state index contributed by atoms with van der Waals surface area (Å²) in [7, 11) is 4.20. The van der Waals surface area contributed by atoms with Crippen LogP contribution in [0.5, 0.6) is 0 Å². The Labute approximate surface area is 93.4 Å². The molecule has 0 spiro atoms. The van der Waals surface area contributed by atoms with E-state index in [0.29, 0.717) is 11.8 Å². The van der Waals surface area contributed by atoms with Crippen molar-refractivity contribution in [1.82, 2.24) is 9.80 Å². The lowest BCUT2D eigenvalue weighted by Gasteiger charge is -2.35. The van der Waals surface area contributed by atoms with Crippen molar-refractivity contribution in [2.75, 3.05) is 33.7 Å². The number of rotatable bonds is 3. The number of nitrogens with zero attached hydrogens (tertiary/aromatic N) is 2. The summed E-state index contributed by atoms with van der Waals surface area (Å²) in [6.45, 7) is 6.98. The fraction of sp³-hybridized carbons (Fsp3) is 0.917. The highest BCUT2D eigenvalue weighted by atomic mass is 16.2. The lowest BCUT2D eigenvalue weighted by Crippen LogP contribution is -2.44. The van der Waals surface area contributed by atoms with Gasteiger partial charge >= 0.3 is 0 Å². The van der Waals surface area contributed by atoms with Crippen LogP contribution >= 0.6 is 0 Å². The van der Waals surface area contributed by atoms with Crippen LogP contribution in [0.4, 0.5) is 0 Å². The molecular formula is C12H24N2O. The number of amides is 1. The molecule has 0 saturated carbocycles. The Morgan fingerprint density at radius 3 is 2.67 bits per heavy atom. The average molecular weight is 212 g/mol. The summed E-state index contributed by atoms with van der Waals surface area (Å²) in [5, 5.41) is 0. The van der Waals surface area contributed by atoms with Crippen LogP contribution in [0, 0.1) is 11.8 Å². The van der Waals surface area contributed by atoms with Gasteiger partial charge in [-0.1, -0.05) is 13.8 Å². The van der Waals surface area contributed by atoms with Crippen molar-refractivity contribution >= 4 is 5.91 Å². The molecule has 0 aliphatic carbocycles. The summed E-state index contributed by atoms with van der Waals surface area (Å²) in [6, 6.07) is 0. The Kier molecular flexibility index (Phi) is 4.58. The van der Waals surface area contributed by atoms with Gasteiger partial charge in [0.1, 0.15) is 0 Å². The summed E-state index contributed by atoms with van der Waals surface area (Å²) in [5.74, 6) is 1.12. The molecule has 0 N–H and O–H groups in total. The van der Waals surface area contributed by atoms with E-state index >= 15 is 0 Å². The van der Waals surface area contributed by atoms with E-state index in [4.69, 9.17) is 0 Å². The second-order valence-electron chi connectivity index (χ2n) is 5.21. The fourth-order valence-electron chi connectivity index (χ4n) is 2.30. The molecule has 1 aliphatic rings. The molecule has 0 aromatic rings. The third-order valence-electron chi connectivity index (χ3n) is 2.95. The van der Waals surface area contributed by atoms with Crippen molar-refractivity contribution in [3.63, 3.8) is 0 Å². The standard InChI is InChI=1S/C12H24N2O/c1-10(2)12(15)14-7-5-6-11(9-14)8-13(3)4/h10-11H,5-9H2,1-4H3. The minimum atomic E-state index is 0.142. The van der Waals surface area contributed by atoms with Gasteiger partial charge < -0.3 is 9.80 Å². The number of likely N-dealkylation sites (tertiary alicyclic amines) is 1. The zero-order valence-electron chi connectivity index (χ0n) is 10.5. The smallest absolute Gasteiger partial charge is 0.225 e. The van der Waals surface area contributed by atoms with Gasteiger partial charge in [-0.2, -0.15) is 0 Å². The first kappa shape index (κ1) is 12.5. The van der Waals surface area contributed by atoms with Crippen molar-refractivity contribution in [2.24, 2.45) is 11.8 Å². The van der Waals surface area contributed by atoms with Gasteiger partial charge in [-0.25, -0.2) is 0 Å². The molecule has 1 atom stereocenters. The van der Waals surface area contributed by atoms with E-state index < -0.39 is 0 Å². The molecule has 0 aromatic heterocycles. The van der Waals surface area contributed by atoms with E-state index in [9.17, 15) is 4.79 Å². The third-order valence-corrected chi connectivity index (χ3v) is 2.95. The summed E-state index contributed by atoms with van der Waals surface area (Å²) in [5.41, 5.74) is 0. The third kappa shape index (κ3) is 3.82. The maximum Gasteiger partial charge on any atom is 0.225 e. The first-order chi connectivity index (χ1) is 7.00. The van der Waals surface area contributed by atoms with Crippen LogP contribution in [0.15, 0.2) is 0 Å². The van der Waals surface area contributed by atoms with Gasteiger partial charge in [0, 0.05) is 25.6 Å². The van der Waals surface area contributed by atoms with Gasteiger partial charge in [-0.15, -0.1) is 0 Å². The molecule has 0 radical (unpaired) electrons. The van der Waals surface area contributed by atoms with E-state index in [0.717, 1.165) is 26.1 Å². The van der Waals surface area contributed by atoms with Gasteiger partial charge in [0.15, 0.2) is 0 Å². The normalized spacial score (nSPS) is 22.5. The Morgan fingerprint density at radius 2 is 2.13 bits per heavy atom. The second-order valence-corrected chi connectivity index (χ2v) is 5.21. The highest BCUT2D eigenvalue weighted by molar-refractivity contribution is 5.78. The minimum absolute atomic E-state index is 0.142. The highest BCUT2D eigenvalue weighted by Gasteiger charge is 2.25. The molecule has 15 heavy (non-hydrogen) atoms. The summed E-state index contributed by atoms with van der Waals surface area (Å²) in [6.07, 6.45) is 2.43. The maximum absolute atomic E-state index is 11.8. The van der Waals surface area contributed by atoms with Crippen LogP contribution in [-0.4, -0.2) is 49.4 Å². The Balaban J connectivity index is 2.45. The van der Waals surface area contributed by atoms with Crippen molar-refractivity contribution in [3.8, 4) is 0 Å². The van der Waals surface area contributed by atoms with E-state index in [1.807, 2.05) is 18.7 Å². The first-order valence-electron chi connectivity index (χ1n) is 5.94. The van der Waals surface area contributed by atoms with Gasteiger partial charge in [-0.3, -0.25) is 4.79 Å². The highest BCUT2D eigenvalue weighted by Crippen LogP contribution is 2.18. The van der Waals surface area contributed by atoms with Crippen LogP contribution < -0.4 is 0 Å². The van der Waals surface area contributed by atoms with Crippen molar-refractivity contribution in [3.05, 3.63) is 0 Å². The summed E-state index contributed by atoms with van der Waals surface area (Å²) < 4.78 is 0. The van der Waals surface area contributed by atoms with Crippen LogP contribution in [0.3, 0.4) is 0 Å². The van der Waals surface area contributed by atoms with Crippen LogP contribution in [0.2, 0.25) is 0 Å². The molecule has 1 aliphatic heterocycles. The zero-order chi connectivity index (χ0) is 11.4. The molecule has 1 fully saturated rings. The van der Waals surface area contributed by atoms with Crippen molar-refractivity contribution in [1.29, 1.82) is 0 Å². The lowest BCUT2D eigenvalue weighted by atomic mass is 9.96.